The highest BCUT2D eigenvalue weighted by molar-refractivity contribution is 5.96. The quantitative estimate of drug-likeness (QED) is 0.0697. The number of aliphatic carboxylic acids is 2. The van der Waals surface area contributed by atoms with Crippen molar-refractivity contribution in [2.24, 2.45) is 23.5 Å². The zero-order chi connectivity index (χ0) is 39.7. The first-order chi connectivity index (χ1) is 24.2. The molecule has 0 saturated heterocycles. The standard InChI is InChI=1S/C35H56N6O11/c1-18(2)13-23(36)30(46)38-25(14-19(3)4)32(48)37-24(11-12-29(44)45)31(47)39-26(16-21-7-9-22(43)10-8-21)33(49)41-28(17-42)34(50)40-27(35(51)52)15-20(5)6/h7-10,18-20,23-28,42-43H,11-17,36H2,1-6H3,(H,37,48)(H,38,46)(H,39,47)(H,40,50)(H,41,49)(H,44,45)(H,51,52). The molecule has 6 atom stereocenters. The van der Waals surface area contributed by atoms with E-state index in [9.17, 15) is 54.0 Å². The number of phenolic OH excluding ortho intramolecular Hbond substituents is 1. The fourth-order valence-corrected chi connectivity index (χ4v) is 5.19. The topological polar surface area (TPSA) is 287 Å². The number of nitrogens with two attached hydrogens (primary N) is 1. The second kappa shape index (κ2) is 22.2. The molecule has 1 aromatic carbocycles. The molecule has 0 aliphatic heterocycles. The van der Waals surface area contributed by atoms with Crippen LogP contribution in [0.3, 0.4) is 0 Å². The summed E-state index contributed by atoms with van der Waals surface area (Å²) >= 11 is 0. The van der Waals surface area contributed by atoms with E-state index in [4.69, 9.17) is 5.73 Å². The van der Waals surface area contributed by atoms with Gasteiger partial charge in [-0.1, -0.05) is 53.7 Å². The number of aromatic hydroxyl groups is 1. The van der Waals surface area contributed by atoms with Crippen LogP contribution in [0.4, 0.5) is 0 Å². The van der Waals surface area contributed by atoms with E-state index in [0.29, 0.717) is 12.0 Å². The third-order valence-corrected chi connectivity index (χ3v) is 7.83. The summed E-state index contributed by atoms with van der Waals surface area (Å²) in [6, 6.07) is -2.33. The monoisotopic (exact) mass is 736 g/mol. The number of aliphatic hydroxyl groups is 1. The van der Waals surface area contributed by atoms with Gasteiger partial charge < -0.3 is 52.7 Å². The lowest BCUT2D eigenvalue weighted by Gasteiger charge is -2.27. The molecule has 0 spiro atoms. The summed E-state index contributed by atoms with van der Waals surface area (Å²) in [5.41, 5.74) is 6.45. The first-order valence-corrected chi connectivity index (χ1v) is 17.3. The molecule has 292 valence electrons. The summed E-state index contributed by atoms with van der Waals surface area (Å²) in [5.74, 6) is -7.05. The van der Waals surface area contributed by atoms with Crippen LogP contribution in [0.5, 0.6) is 5.75 Å². The summed E-state index contributed by atoms with van der Waals surface area (Å²) < 4.78 is 0. The van der Waals surface area contributed by atoms with Gasteiger partial charge in [0, 0.05) is 12.8 Å². The first-order valence-electron chi connectivity index (χ1n) is 17.3. The van der Waals surface area contributed by atoms with E-state index in [1.54, 1.807) is 13.8 Å². The molecule has 1 aromatic rings. The Morgan fingerprint density at radius 1 is 0.596 bits per heavy atom. The maximum absolute atomic E-state index is 13.7. The van der Waals surface area contributed by atoms with Gasteiger partial charge in [-0.3, -0.25) is 28.8 Å². The highest BCUT2D eigenvalue weighted by Crippen LogP contribution is 2.13. The van der Waals surface area contributed by atoms with E-state index in [1.165, 1.54) is 24.3 Å². The Bertz CT molecular complexity index is 1370. The van der Waals surface area contributed by atoms with Crippen LogP contribution in [-0.4, -0.2) is 105 Å². The fourth-order valence-electron chi connectivity index (χ4n) is 5.19. The molecule has 0 aromatic heterocycles. The van der Waals surface area contributed by atoms with Gasteiger partial charge in [0.1, 0.15) is 36.0 Å². The molecular weight excluding hydrogens is 680 g/mol. The lowest BCUT2D eigenvalue weighted by Crippen LogP contribution is -2.60. The van der Waals surface area contributed by atoms with Crippen LogP contribution in [0.1, 0.15) is 79.2 Å². The Kier molecular flexibility index (Phi) is 19.3. The van der Waals surface area contributed by atoms with Gasteiger partial charge in [0.2, 0.25) is 29.5 Å². The number of amides is 5. The third kappa shape index (κ3) is 17.0. The molecule has 1 rings (SSSR count). The van der Waals surface area contributed by atoms with Crippen LogP contribution in [0.15, 0.2) is 24.3 Å². The number of nitrogens with one attached hydrogen (secondary N) is 5. The zero-order valence-corrected chi connectivity index (χ0v) is 30.7. The van der Waals surface area contributed by atoms with Crippen molar-refractivity contribution in [2.45, 2.75) is 116 Å². The second-order valence-corrected chi connectivity index (χ2v) is 14.1. The van der Waals surface area contributed by atoms with Crippen molar-refractivity contribution in [1.82, 2.24) is 26.6 Å². The minimum absolute atomic E-state index is 0.0720. The van der Waals surface area contributed by atoms with Crippen LogP contribution in [0.25, 0.3) is 0 Å². The minimum atomic E-state index is -1.62. The molecule has 11 N–H and O–H groups in total. The average molecular weight is 737 g/mol. The Hall–Kier alpha value is -4.77. The maximum atomic E-state index is 13.7. The Morgan fingerprint density at radius 3 is 1.52 bits per heavy atom. The van der Waals surface area contributed by atoms with Gasteiger partial charge in [-0.25, -0.2) is 4.79 Å². The van der Waals surface area contributed by atoms with Crippen LogP contribution in [0.2, 0.25) is 0 Å². The molecule has 0 saturated carbocycles. The summed E-state index contributed by atoms with van der Waals surface area (Å²) in [6.45, 7) is 9.97. The average Bonchev–Trinajstić information content (AvgIpc) is 3.04. The minimum Gasteiger partial charge on any atom is -0.508 e. The lowest BCUT2D eigenvalue weighted by atomic mass is 9.99. The number of benzene rings is 1. The molecule has 0 heterocycles. The van der Waals surface area contributed by atoms with Crippen molar-refractivity contribution >= 4 is 41.5 Å². The Morgan fingerprint density at radius 2 is 1.02 bits per heavy atom. The van der Waals surface area contributed by atoms with E-state index >= 15 is 0 Å². The summed E-state index contributed by atoms with van der Waals surface area (Å²) in [5, 5.41) is 50.8. The molecule has 0 fully saturated rings. The van der Waals surface area contributed by atoms with Crippen molar-refractivity contribution in [1.29, 1.82) is 0 Å². The molecule has 0 radical (unpaired) electrons. The van der Waals surface area contributed by atoms with Crippen LogP contribution < -0.4 is 32.3 Å². The van der Waals surface area contributed by atoms with Crippen LogP contribution in [0, 0.1) is 17.8 Å². The van der Waals surface area contributed by atoms with Crippen molar-refractivity contribution < 1.29 is 54.0 Å². The number of hydrogen-bond acceptors (Lipinski definition) is 10. The number of hydrogen-bond donors (Lipinski definition) is 10. The van der Waals surface area contributed by atoms with Gasteiger partial charge in [-0.2, -0.15) is 0 Å². The van der Waals surface area contributed by atoms with E-state index < -0.39 is 97.2 Å². The molecule has 17 nitrogen and oxygen atoms in total. The van der Waals surface area contributed by atoms with Crippen molar-refractivity contribution in [2.75, 3.05) is 6.61 Å². The van der Waals surface area contributed by atoms with Gasteiger partial charge >= 0.3 is 11.9 Å². The second-order valence-electron chi connectivity index (χ2n) is 14.1. The summed E-state index contributed by atoms with van der Waals surface area (Å²) in [6.07, 6.45) is -0.585. The number of phenols is 1. The van der Waals surface area contributed by atoms with Gasteiger partial charge in [-0.15, -0.1) is 0 Å². The van der Waals surface area contributed by atoms with E-state index in [0.717, 1.165) is 0 Å². The smallest absolute Gasteiger partial charge is 0.326 e. The molecule has 0 aliphatic rings. The molecule has 0 bridgehead atoms. The maximum Gasteiger partial charge on any atom is 0.326 e. The fraction of sp³-hybridized carbons (Fsp3) is 0.629. The van der Waals surface area contributed by atoms with E-state index in [-0.39, 0.29) is 42.8 Å². The third-order valence-electron chi connectivity index (χ3n) is 7.83. The number of carbonyl (C=O) groups is 7. The predicted octanol–water partition coefficient (Wildman–Crippen LogP) is -0.234. The number of carboxylic acid groups (broad SMARTS) is 2. The number of carbonyl (C=O) groups excluding carboxylic acids is 5. The predicted molar refractivity (Wildman–Crippen MR) is 189 cm³/mol. The van der Waals surface area contributed by atoms with Gasteiger partial charge in [0.15, 0.2) is 0 Å². The van der Waals surface area contributed by atoms with Gasteiger partial charge in [0.25, 0.3) is 0 Å². The van der Waals surface area contributed by atoms with Gasteiger partial charge in [0.05, 0.1) is 12.6 Å². The largest absolute Gasteiger partial charge is 0.508 e. The number of carboxylic acids is 2. The molecule has 6 unspecified atom stereocenters. The molecule has 17 heteroatoms. The van der Waals surface area contributed by atoms with Gasteiger partial charge in [-0.05, 0) is 61.1 Å². The zero-order valence-electron chi connectivity index (χ0n) is 30.7. The Labute approximate surface area is 303 Å². The molecule has 0 aliphatic carbocycles. The number of rotatable bonds is 23. The Balaban J connectivity index is 3.37. The SMILES string of the molecule is CC(C)CC(N)C(=O)NC(CC(C)C)C(=O)NC(CCC(=O)O)C(=O)NC(Cc1ccc(O)cc1)C(=O)NC(CO)C(=O)NC(CC(C)C)C(=O)O. The first kappa shape index (κ1) is 45.3. The highest BCUT2D eigenvalue weighted by Gasteiger charge is 2.33. The normalized spacial score (nSPS) is 14.8. The van der Waals surface area contributed by atoms with Crippen LogP contribution >= 0.6 is 0 Å². The summed E-state index contributed by atoms with van der Waals surface area (Å²) in [4.78, 5) is 89.8. The van der Waals surface area contributed by atoms with Crippen molar-refractivity contribution in [3.8, 4) is 5.75 Å². The molecular formula is C35H56N6O11. The number of aliphatic hydroxyl groups excluding tert-OH is 1. The van der Waals surface area contributed by atoms with Crippen molar-refractivity contribution in [3.63, 3.8) is 0 Å². The van der Waals surface area contributed by atoms with Crippen LogP contribution in [-0.2, 0) is 40.0 Å². The molecule has 52 heavy (non-hydrogen) atoms. The van der Waals surface area contributed by atoms with E-state index in [1.807, 2.05) is 27.7 Å². The molecule has 5 amide bonds. The highest BCUT2D eigenvalue weighted by atomic mass is 16.4. The van der Waals surface area contributed by atoms with Crippen molar-refractivity contribution in [3.05, 3.63) is 29.8 Å². The van der Waals surface area contributed by atoms with E-state index in [2.05, 4.69) is 26.6 Å². The lowest BCUT2D eigenvalue weighted by molar-refractivity contribution is -0.143. The summed E-state index contributed by atoms with van der Waals surface area (Å²) in [7, 11) is 0.